The fourth-order valence-corrected chi connectivity index (χ4v) is 2.60. The molecule has 0 aromatic carbocycles. The standard InChI is InChI=1S/C17H33N7O2.HI/c1-4-25-11-5-6-18-17(19-7-8-24-9-12-26-13-10-24)20-14-16-22-21-15(2)23(16)3;/h4-14H2,1-3H3,(H2,18,19,20);1H. The van der Waals surface area contributed by atoms with Crippen LogP contribution < -0.4 is 10.6 Å². The molecule has 2 N–H and O–H groups in total. The summed E-state index contributed by atoms with van der Waals surface area (Å²) in [4.78, 5) is 7.05. The molecule has 0 spiro atoms. The van der Waals surface area contributed by atoms with Crippen molar-refractivity contribution in [3.63, 3.8) is 0 Å². The molecule has 1 aliphatic rings. The Morgan fingerprint density at radius 1 is 1.22 bits per heavy atom. The van der Waals surface area contributed by atoms with Crippen LogP contribution in [0, 0.1) is 6.92 Å². The highest BCUT2D eigenvalue weighted by atomic mass is 127. The van der Waals surface area contributed by atoms with Gasteiger partial charge < -0.3 is 24.7 Å². The molecule has 0 atom stereocenters. The Morgan fingerprint density at radius 2 is 1.96 bits per heavy atom. The first-order valence-corrected chi connectivity index (χ1v) is 9.45. The van der Waals surface area contributed by atoms with Crippen molar-refractivity contribution in [2.24, 2.45) is 12.0 Å². The van der Waals surface area contributed by atoms with Crippen LogP contribution in [-0.2, 0) is 23.1 Å². The van der Waals surface area contributed by atoms with Crippen molar-refractivity contribution in [1.82, 2.24) is 30.3 Å². The number of ether oxygens (including phenoxy) is 2. The van der Waals surface area contributed by atoms with Crippen molar-refractivity contribution in [2.45, 2.75) is 26.8 Å². The Kier molecular flexibility index (Phi) is 12.5. The second kappa shape index (κ2) is 14.1. The van der Waals surface area contributed by atoms with Gasteiger partial charge in [0.2, 0.25) is 0 Å². The average molecular weight is 495 g/mol. The highest BCUT2D eigenvalue weighted by Gasteiger charge is 2.10. The van der Waals surface area contributed by atoms with Crippen LogP contribution in [0.4, 0.5) is 0 Å². The number of hydrogen-bond donors (Lipinski definition) is 2. The molecule has 1 saturated heterocycles. The number of rotatable bonds is 10. The van der Waals surface area contributed by atoms with E-state index in [0.717, 1.165) is 83.2 Å². The summed E-state index contributed by atoms with van der Waals surface area (Å²) in [6.45, 7) is 12.2. The molecule has 1 aromatic heterocycles. The predicted molar refractivity (Wildman–Crippen MR) is 117 cm³/mol. The molecule has 1 aliphatic heterocycles. The van der Waals surface area contributed by atoms with E-state index in [0.29, 0.717) is 6.54 Å². The molecule has 27 heavy (non-hydrogen) atoms. The number of hydrogen-bond acceptors (Lipinski definition) is 6. The first-order valence-electron chi connectivity index (χ1n) is 9.45. The van der Waals surface area contributed by atoms with Gasteiger partial charge in [0.25, 0.3) is 0 Å². The van der Waals surface area contributed by atoms with E-state index in [1.807, 2.05) is 25.5 Å². The quantitative estimate of drug-likeness (QED) is 0.212. The van der Waals surface area contributed by atoms with Crippen molar-refractivity contribution in [3.05, 3.63) is 11.6 Å². The molecule has 2 heterocycles. The van der Waals surface area contributed by atoms with E-state index in [-0.39, 0.29) is 24.0 Å². The summed E-state index contributed by atoms with van der Waals surface area (Å²) in [7, 11) is 1.96. The van der Waals surface area contributed by atoms with Crippen LogP contribution in [0.15, 0.2) is 4.99 Å². The van der Waals surface area contributed by atoms with E-state index in [9.17, 15) is 0 Å². The maximum Gasteiger partial charge on any atom is 0.191 e. The number of morpholine rings is 1. The number of guanidine groups is 1. The lowest BCUT2D eigenvalue weighted by Crippen LogP contribution is -2.44. The van der Waals surface area contributed by atoms with E-state index in [2.05, 4.69) is 30.7 Å². The van der Waals surface area contributed by atoms with Gasteiger partial charge in [0.15, 0.2) is 11.8 Å². The third-order valence-electron chi connectivity index (χ3n) is 4.35. The Hall–Kier alpha value is -0.980. The second-order valence-corrected chi connectivity index (χ2v) is 6.25. The first-order chi connectivity index (χ1) is 12.7. The fourth-order valence-electron chi connectivity index (χ4n) is 2.60. The molecular formula is C17H34IN7O2. The Bertz CT molecular complexity index is 547. The zero-order valence-corrected chi connectivity index (χ0v) is 19.1. The van der Waals surface area contributed by atoms with E-state index < -0.39 is 0 Å². The predicted octanol–water partition coefficient (Wildman–Crippen LogP) is 0.536. The maximum absolute atomic E-state index is 5.39. The highest BCUT2D eigenvalue weighted by Crippen LogP contribution is 1.99. The smallest absolute Gasteiger partial charge is 0.191 e. The minimum atomic E-state index is 0. The van der Waals surface area contributed by atoms with Crippen molar-refractivity contribution < 1.29 is 9.47 Å². The van der Waals surface area contributed by atoms with Crippen LogP contribution in [0.5, 0.6) is 0 Å². The molecule has 0 bridgehead atoms. The first kappa shape index (κ1) is 24.1. The van der Waals surface area contributed by atoms with Crippen LogP contribution in [0.3, 0.4) is 0 Å². The Balaban J connectivity index is 0.00000364. The second-order valence-electron chi connectivity index (χ2n) is 6.25. The molecule has 10 heteroatoms. The molecule has 2 rings (SSSR count). The van der Waals surface area contributed by atoms with Crippen LogP contribution in [-0.4, -0.2) is 84.8 Å². The number of halogens is 1. The Labute approximate surface area is 179 Å². The summed E-state index contributed by atoms with van der Waals surface area (Å²) in [6.07, 6.45) is 0.946. The molecule has 1 aromatic rings. The lowest BCUT2D eigenvalue weighted by Gasteiger charge is -2.26. The summed E-state index contributed by atoms with van der Waals surface area (Å²) in [5, 5.41) is 15.0. The summed E-state index contributed by atoms with van der Waals surface area (Å²) < 4.78 is 12.7. The van der Waals surface area contributed by atoms with Crippen LogP contribution in [0.25, 0.3) is 0 Å². The molecule has 9 nitrogen and oxygen atoms in total. The van der Waals surface area contributed by atoms with Gasteiger partial charge in [0, 0.05) is 53.0 Å². The maximum atomic E-state index is 5.39. The monoisotopic (exact) mass is 495 g/mol. The molecule has 0 radical (unpaired) electrons. The molecule has 1 fully saturated rings. The summed E-state index contributed by atoms with van der Waals surface area (Å²) in [5.74, 6) is 2.54. The van der Waals surface area contributed by atoms with Crippen LogP contribution in [0.1, 0.15) is 25.0 Å². The van der Waals surface area contributed by atoms with Gasteiger partial charge in [-0.05, 0) is 20.3 Å². The highest BCUT2D eigenvalue weighted by molar-refractivity contribution is 14.0. The van der Waals surface area contributed by atoms with Crippen molar-refractivity contribution in [3.8, 4) is 0 Å². The van der Waals surface area contributed by atoms with Crippen LogP contribution in [0.2, 0.25) is 0 Å². The number of aryl methyl sites for hydroxylation is 1. The van der Waals surface area contributed by atoms with Gasteiger partial charge in [-0.1, -0.05) is 0 Å². The van der Waals surface area contributed by atoms with E-state index >= 15 is 0 Å². The lowest BCUT2D eigenvalue weighted by atomic mass is 10.4. The van der Waals surface area contributed by atoms with Gasteiger partial charge >= 0.3 is 0 Å². The van der Waals surface area contributed by atoms with Gasteiger partial charge in [0.1, 0.15) is 12.4 Å². The minimum absolute atomic E-state index is 0. The molecule has 0 unspecified atom stereocenters. The largest absolute Gasteiger partial charge is 0.382 e. The van der Waals surface area contributed by atoms with E-state index in [4.69, 9.17) is 9.47 Å². The SMILES string of the molecule is CCOCCCNC(=NCc1nnc(C)n1C)NCCN1CCOCC1.I. The molecule has 0 amide bonds. The summed E-state index contributed by atoms with van der Waals surface area (Å²) in [6, 6.07) is 0. The molecular weight excluding hydrogens is 461 g/mol. The van der Waals surface area contributed by atoms with E-state index in [1.165, 1.54) is 0 Å². The third kappa shape index (κ3) is 9.17. The van der Waals surface area contributed by atoms with Gasteiger partial charge in [-0.25, -0.2) is 4.99 Å². The van der Waals surface area contributed by atoms with Gasteiger partial charge in [-0.3, -0.25) is 4.90 Å². The van der Waals surface area contributed by atoms with Gasteiger partial charge in [0.05, 0.1) is 13.2 Å². The van der Waals surface area contributed by atoms with Gasteiger partial charge in [-0.2, -0.15) is 0 Å². The van der Waals surface area contributed by atoms with Gasteiger partial charge in [-0.15, -0.1) is 34.2 Å². The molecule has 0 saturated carbocycles. The topological polar surface area (TPSA) is 88.8 Å². The van der Waals surface area contributed by atoms with Crippen molar-refractivity contribution >= 4 is 29.9 Å². The third-order valence-corrected chi connectivity index (χ3v) is 4.35. The fraction of sp³-hybridized carbons (Fsp3) is 0.824. The lowest BCUT2D eigenvalue weighted by molar-refractivity contribution is 0.0389. The number of nitrogens with zero attached hydrogens (tertiary/aromatic N) is 5. The normalized spacial score (nSPS) is 15.4. The number of nitrogens with one attached hydrogen (secondary N) is 2. The average Bonchev–Trinajstić information content (AvgIpc) is 2.98. The molecule has 156 valence electrons. The Morgan fingerprint density at radius 3 is 2.63 bits per heavy atom. The van der Waals surface area contributed by atoms with Crippen molar-refractivity contribution in [1.29, 1.82) is 0 Å². The summed E-state index contributed by atoms with van der Waals surface area (Å²) >= 11 is 0. The zero-order chi connectivity index (χ0) is 18.6. The minimum Gasteiger partial charge on any atom is -0.382 e. The number of aliphatic imine (C=N–C) groups is 1. The number of aromatic nitrogens is 3. The van der Waals surface area contributed by atoms with E-state index in [1.54, 1.807) is 0 Å². The van der Waals surface area contributed by atoms with Crippen LogP contribution >= 0.6 is 24.0 Å². The summed E-state index contributed by atoms with van der Waals surface area (Å²) in [5.41, 5.74) is 0. The van der Waals surface area contributed by atoms with Crippen molar-refractivity contribution in [2.75, 3.05) is 59.2 Å². The zero-order valence-electron chi connectivity index (χ0n) is 16.7. The molecule has 0 aliphatic carbocycles.